The highest BCUT2D eigenvalue weighted by molar-refractivity contribution is 6.31. The predicted octanol–water partition coefficient (Wildman–Crippen LogP) is 2.24. The van der Waals surface area contributed by atoms with Crippen LogP contribution < -0.4 is 10.1 Å². The summed E-state index contributed by atoms with van der Waals surface area (Å²) in [5.74, 6) is 0.717. The predicted molar refractivity (Wildman–Crippen MR) is 80.3 cm³/mol. The van der Waals surface area contributed by atoms with E-state index in [9.17, 15) is 4.79 Å². The van der Waals surface area contributed by atoms with Crippen molar-refractivity contribution in [2.45, 2.75) is 25.8 Å². The van der Waals surface area contributed by atoms with Gasteiger partial charge in [0.25, 0.3) is 5.91 Å². The third-order valence-electron chi connectivity index (χ3n) is 3.83. The molecule has 5 heteroatoms. The Kier molecular flexibility index (Phi) is 5.26. The molecule has 0 aromatic heterocycles. The minimum atomic E-state index is 0.0407. The summed E-state index contributed by atoms with van der Waals surface area (Å²) >= 11 is 6.03. The van der Waals surface area contributed by atoms with Crippen molar-refractivity contribution in [2.24, 2.45) is 0 Å². The van der Waals surface area contributed by atoms with Gasteiger partial charge in [-0.25, -0.2) is 0 Å². The SMILES string of the molecule is CNC1CCN(C(=O)COc2cccc(Cl)c2C)CC1. The molecular weight excluding hydrogens is 276 g/mol. The van der Waals surface area contributed by atoms with Crippen LogP contribution >= 0.6 is 11.6 Å². The number of carbonyl (C=O) groups excluding carboxylic acids is 1. The van der Waals surface area contributed by atoms with E-state index in [-0.39, 0.29) is 12.5 Å². The van der Waals surface area contributed by atoms with Crippen LogP contribution in [0.3, 0.4) is 0 Å². The van der Waals surface area contributed by atoms with Gasteiger partial charge in [-0.1, -0.05) is 17.7 Å². The molecule has 0 saturated carbocycles. The highest BCUT2D eigenvalue weighted by atomic mass is 35.5. The first-order chi connectivity index (χ1) is 9.61. The number of nitrogens with zero attached hydrogens (tertiary/aromatic N) is 1. The molecule has 1 N–H and O–H groups in total. The average Bonchev–Trinajstić information content (AvgIpc) is 2.48. The van der Waals surface area contributed by atoms with Crippen LogP contribution in [0.15, 0.2) is 18.2 Å². The molecule has 1 aromatic carbocycles. The number of ether oxygens (including phenoxy) is 1. The number of rotatable bonds is 4. The summed E-state index contributed by atoms with van der Waals surface area (Å²) in [5, 5.41) is 3.91. The van der Waals surface area contributed by atoms with Crippen LogP contribution in [-0.4, -0.2) is 43.6 Å². The lowest BCUT2D eigenvalue weighted by Gasteiger charge is -2.31. The Morgan fingerprint density at radius 2 is 2.15 bits per heavy atom. The van der Waals surface area contributed by atoms with E-state index in [1.54, 1.807) is 0 Å². The van der Waals surface area contributed by atoms with Crippen LogP contribution in [0.5, 0.6) is 5.75 Å². The van der Waals surface area contributed by atoms with Gasteiger partial charge >= 0.3 is 0 Å². The summed E-state index contributed by atoms with van der Waals surface area (Å²) in [6.45, 7) is 3.55. The van der Waals surface area contributed by atoms with Gasteiger partial charge in [-0.05, 0) is 38.9 Å². The van der Waals surface area contributed by atoms with E-state index in [4.69, 9.17) is 16.3 Å². The molecule has 1 saturated heterocycles. The molecule has 2 rings (SSSR count). The monoisotopic (exact) mass is 296 g/mol. The molecule has 0 radical (unpaired) electrons. The van der Waals surface area contributed by atoms with Gasteiger partial charge in [-0.3, -0.25) is 4.79 Å². The minimum absolute atomic E-state index is 0.0407. The molecule has 1 heterocycles. The Balaban J connectivity index is 1.85. The van der Waals surface area contributed by atoms with E-state index >= 15 is 0 Å². The summed E-state index contributed by atoms with van der Waals surface area (Å²) < 4.78 is 5.59. The molecule has 1 aromatic rings. The Bertz CT molecular complexity index is 471. The maximum atomic E-state index is 12.1. The van der Waals surface area contributed by atoms with Gasteiger partial charge in [0.1, 0.15) is 5.75 Å². The van der Waals surface area contributed by atoms with Gasteiger partial charge in [-0.2, -0.15) is 0 Å². The maximum absolute atomic E-state index is 12.1. The zero-order valence-corrected chi connectivity index (χ0v) is 12.7. The summed E-state index contributed by atoms with van der Waals surface area (Å²) in [5.41, 5.74) is 0.871. The highest BCUT2D eigenvalue weighted by Gasteiger charge is 2.22. The molecule has 1 amide bonds. The Hall–Kier alpha value is -1.26. The lowest BCUT2D eigenvalue weighted by atomic mass is 10.1. The van der Waals surface area contributed by atoms with Crippen LogP contribution in [0.1, 0.15) is 18.4 Å². The van der Waals surface area contributed by atoms with Crippen molar-refractivity contribution < 1.29 is 9.53 Å². The van der Waals surface area contributed by atoms with E-state index in [1.165, 1.54) is 0 Å². The van der Waals surface area contributed by atoms with Gasteiger partial charge < -0.3 is 15.0 Å². The van der Waals surface area contributed by atoms with Crippen molar-refractivity contribution in [3.05, 3.63) is 28.8 Å². The number of hydrogen-bond donors (Lipinski definition) is 1. The number of amides is 1. The number of halogens is 1. The first-order valence-corrected chi connectivity index (χ1v) is 7.32. The molecule has 1 fully saturated rings. The Morgan fingerprint density at radius 1 is 1.45 bits per heavy atom. The number of carbonyl (C=O) groups is 1. The van der Waals surface area contributed by atoms with Crippen LogP contribution in [0.2, 0.25) is 5.02 Å². The van der Waals surface area contributed by atoms with Gasteiger partial charge in [0.2, 0.25) is 0 Å². The topological polar surface area (TPSA) is 41.6 Å². The number of likely N-dealkylation sites (tertiary alicyclic amines) is 1. The number of nitrogens with one attached hydrogen (secondary N) is 1. The smallest absolute Gasteiger partial charge is 0.260 e. The lowest BCUT2D eigenvalue weighted by molar-refractivity contribution is -0.134. The van der Waals surface area contributed by atoms with Crippen molar-refractivity contribution in [1.82, 2.24) is 10.2 Å². The summed E-state index contributed by atoms with van der Waals surface area (Å²) in [4.78, 5) is 14.0. The Labute approximate surface area is 125 Å². The third kappa shape index (κ3) is 3.64. The van der Waals surface area contributed by atoms with E-state index in [0.29, 0.717) is 16.8 Å². The van der Waals surface area contributed by atoms with Gasteiger partial charge in [0, 0.05) is 29.7 Å². The van der Waals surface area contributed by atoms with E-state index < -0.39 is 0 Å². The minimum Gasteiger partial charge on any atom is -0.483 e. The van der Waals surface area contributed by atoms with E-state index in [1.807, 2.05) is 37.1 Å². The molecular formula is C15H21ClN2O2. The maximum Gasteiger partial charge on any atom is 0.260 e. The average molecular weight is 297 g/mol. The molecule has 1 aliphatic heterocycles. The van der Waals surface area contributed by atoms with Crippen molar-refractivity contribution in [2.75, 3.05) is 26.7 Å². The second kappa shape index (κ2) is 6.95. The first-order valence-electron chi connectivity index (χ1n) is 6.94. The summed E-state index contributed by atoms with van der Waals surface area (Å²) in [7, 11) is 1.97. The summed E-state index contributed by atoms with van der Waals surface area (Å²) in [6.07, 6.45) is 2.00. The van der Waals surface area contributed by atoms with Gasteiger partial charge in [0.15, 0.2) is 6.61 Å². The molecule has 0 unspecified atom stereocenters. The normalized spacial score (nSPS) is 16.2. The second-order valence-electron chi connectivity index (χ2n) is 5.10. The summed E-state index contributed by atoms with van der Waals surface area (Å²) in [6, 6.07) is 6.00. The molecule has 0 atom stereocenters. The molecule has 4 nitrogen and oxygen atoms in total. The van der Waals surface area contributed by atoms with E-state index in [2.05, 4.69) is 5.32 Å². The number of hydrogen-bond acceptors (Lipinski definition) is 3. The third-order valence-corrected chi connectivity index (χ3v) is 4.23. The van der Waals surface area contributed by atoms with Crippen LogP contribution in [-0.2, 0) is 4.79 Å². The number of piperidine rings is 1. The second-order valence-corrected chi connectivity index (χ2v) is 5.50. The quantitative estimate of drug-likeness (QED) is 0.926. The zero-order valence-electron chi connectivity index (χ0n) is 12.0. The molecule has 20 heavy (non-hydrogen) atoms. The fraction of sp³-hybridized carbons (Fsp3) is 0.533. The molecule has 110 valence electrons. The lowest BCUT2D eigenvalue weighted by Crippen LogP contribution is -2.45. The van der Waals surface area contributed by atoms with Crippen LogP contribution in [0.4, 0.5) is 0 Å². The Morgan fingerprint density at radius 3 is 2.80 bits per heavy atom. The molecule has 0 bridgehead atoms. The molecule has 0 aliphatic carbocycles. The van der Waals surface area contributed by atoms with E-state index in [0.717, 1.165) is 31.5 Å². The fourth-order valence-corrected chi connectivity index (χ4v) is 2.56. The van der Waals surface area contributed by atoms with Crippen molar-refractivity contribution >= 4 is 17.5 Å². The van der Waals surface area contributed by atoms with Crippen LogP contribution in [0, 0.1) is 6.92 Å². The van der Waals surface area contributed by atoms with Crippen molar-refractivity contribution in [1.29, 1.82) is 0 Å². The molecule has 0 spiro atoms. The molecule has 1 aliphatic rings. The van der Waals surface area contributed by atoms with Crippen molar-refractivity contribution in [3.63, 3.8) is 0 Å². The zero-order chi connectivity index (χ0) is 14.5. The van der Waals surface area contributed by atoms with Crippen molar-refractivity contribution in [3.8, 4) is 5.75 Å². The first kappa shape index (κ1) is 15.1. The fourth-order valence-electron chi connectivity index (χ4n) is 2.39. The van der Waals surface area contributed by atoms with Gasteiger partial charge in [-0.15, -0.1) is 0 Å². The number of benzene rings is 1. The van der Waals surface area contributed by atoms with Crippen LogP contribution in [0.25, 0.3) is 0 Å². The largest absolute Gasteiger partial charge is 0.483 e. The van der Waals surface area contributed by atoms with Gasteiger partial charge in [0.05, 0.1) is 0 Å². The highest BCUT2D eigenvalue weighted by Crippen LogP contribution is 2.25. The standard InChI is InChI=1S/C15H21ClN2O2/c1-11-13(16)4-3-5-14(11)20-10-15(19)18-8-6-12(17-2)7-9-18/h3-5,12,17H,6-10H2,1-2H3.